The number of hydrogen-bond donors (Lipinski definition) is 1. The monoisotopic (exact) mass is 418 g/mol. The zero-order chi connectivity index (χ0) is 20.9. The molecule has 0 fully saturated rings. The van der Waals surface area contributed by atoms with Gasteiger partial charge in [-0.3, -0.25) is 4.79 Å². The molecule has 0 saturated heterocycles. The van der Waals surface area contributed by atoms with E-state index in [0.717, 1.165) is 22.0 Å². The second kappa shape index (κ2) is 8.92. The molecule has 4 aromatic rings. The first kappa shape index (κ1) is 19.8. The molecule has 6 nitrogen and oxygen atoms in total. The van der Waals surface area contributed by atoms with Gasteiger partial charge in [-0.15, -0.1) is 11.3 Å². The fourth-order valence-corrected chi connectivity index (χ4v) is 3.67. The molecule has 30 heavy (non-hydrogen) atoms. The van der Waals surface area contributed by atoms with Gasteiger partial charge in [0.2, 0.25) is 0 Å². The number of carbonyl (C=O) groups excluding carboxylic acids is 1. The smallest absolute Gasteiger partial charge is 0.251 e. The second-order valence-electron chi connectivity index (χ2n) is 6.93. The van der Waals surface area contributed by atoms with Crippen LogP contribution in [-0.4, -0.2) is 20.4 Å². The summed E-state index contributed by atoms with van der Waals surface area (Å²) in [7, 11) is 0. The minimum absolute atomic E-state index is 0.128. The Labute approximate surface area is 179 Å². The molecule has 0 spiro atoms. The molecule has 0 radical (unpaired) electrons. The van der Waals surface area contributed by atoms with E-state index in [-0.39, 0.29) is 11.9 Å². The van der Waals surface area contributed by atoms with Crippen molar-refractivity contribution in [1.29, 1.82) is 0 Å². The molecule has 1 atom stereocenters. The van der Waals surface area contributed by atoms with Crippen molar-refractivity contribution in [3.8, 4) is 11.4 Å². The van der Waals surface area contributed by atoms with Gasteiger partial charge in [-0.05, 0) is 49.7 Å². The van der Waals surface area contributed by atoms with Crippen molar-refractivity contribution in [1.82, 2.24) is 19.9 Å². The van der Waals surface area contributed by atoms with Crippen molar-refractivity contribution < 1.29 is 9.53 Å². The van der Waals surface area contributed by atoms with E-state index in [1.807, 2.05) is 66.4 Å². The molecule has 0 saturated carbocycles. The van der Waals surface area contributed by atoms with E-state index in [4.69, 9.17) is 4.74 Å². The van der Waals surface area contributed by atoms with Gasteiger partial charge < -0.3 is 14.6 Å². The van der Waals surface area contributed by atoms with E-state index in [1.54, 1.807) is 36.0 Å². The average Bonchev–Trinajstić information content (AvgIpc) is 3.44. The van der Waals surface area contributed by atoms with Gasteiger partial charge >= 0.3 is 0 Å². The zero-order valence-electron chi connectivity index (χ0n) is 16.8. The fraction of sp³-hybridized carbons (Fsp3) is 0.174. The largest absolute Gasteiger partial charge is 0.487 e. The molecular weight excluding hydrogens is 396 g/mol. The summed E-state index contributed by atoms with van der Waals surface area (Å²) in [5, 5.41) is 6.03. The number of amides is 1. The summed E-state index contributed by atoms with van der Waals surface area (Å²) in [6.07, 6.45) is 5.39. The average molecular weight is 419 g/mol. The normalized spacial score (nSPS) is 11.8. The number of ether oxygens (including phenoxy) is 1. The Balaban J connectivity index is 1.38. The highest BCUT2D eigenvalue weighted by Gasteiger charge is 2.13. The molecule has 2 heterocycles. The molecule has 152 valence electrons. The van der Waals surface area contributed by atoms with Crippen molar-refractivity contribution in [3.05, 3.63) is 94.5 Å². The van der Waals surface area contributed by atoms with Crippen molar-refractivity contribution in [2.75, 3.05) is 0 Å². The molecule has 0 aliphatic rings. The lowest BCUT2D eigenvalue weighted by Gasteiger charge is -2.15. The standard InChI is InChI=1S/C23H22N4O2S/c1-16(18-6-8-21(9-7-18)27-11-10-24-15-27)25-23(28)19-4-3-5-22(12-19)29-13-20-14-30-17(2)26-20/h3-12,14-16H,13H2,1-2H3,(H,25,28)/t16-/m0/s1. The first-order valence-corrected chi connectivity index (χ1v) is 10.5. The Kier molecular flexibility index (Phi) is 5.90. The first-order valence-electron chi connectivity index (χ1n) is 9.61. The summed E-state index contributed by atoms with van der Waals surface area (Å²) in [5.41, 5.74) is 3.50. The van der Waals surface area contributed by atoms with Crippen molar-refractivity contribution in [2.24, 2.45) is 0 Å². The molecule has 0 bridgehead atoms. The van der Waals surface area contributed by atoms with Gasteiger partial charge in [0, 0.05) is 29.0 Å². The lowest BCUT2D eigenvalue weighted by Crippen LogP contribution is -2.26. The summed E-state index contributed by atoms with van der Waals surface area (Å²) in [4.78, 5) is 21.2. The highest BCUT2D eigenvalue weighted by molar-refractivity contribution is 7.09. The minimum Gasteiger partial charge on any atom is -0.487 e. The fourth-order valence-electron chi connectivity index (χ4n) is 3.07. The molecule has 0 aliphatic heterocycles. The molecule has 2 aromatic carbocycles. The third kappa shape index (κ3) is 4.75. The Morgan fingerprint density at radius 3 is 2.77 bits per heavy atom. The molecule has 2 aromatic heterocycles. The number of aryl methyl sites for hydroxylation is 1. The van der Waals surface area contributed by atoms with Gasteiger partial charge in [0.25, 0.3) is 5.91 Å². The summed E-state index contributed by atoms with van der Waals surface area (Å²) in [6, 6.07) is 15.1. The van der Waals surface area contributed by atoms with E-state index in [0.29, 0.717) is 17.9 Å². The third-order valence-corrected chi connectivity index (χ3v) is 5.52. The molecule has 0 aliphatic carbocycles. The summed E-state index contributed by atoms with van der Waals surface area (Å²) >= 11 is 1.59. The van der Waals surface area contributed by atoms with Crippen LogP contribution >= 0.6 is 11.3 Å². The van der Waals surface area contributed by atoms with E-state index in [1.165, 1.54) is 0 Å². The number of rotatable bonds is 7. The Morgan fingerprint density at radius 2 is 2.07 bits per heavy atom. The quantitative estimate of drug-likeness (QED) is 0.472. The molecular formula is C23H22N4O2S. The topological polar surface area (TPSA) is 69.0 Å². The maximum atomic E-state index is 12.7. The van der Waals surface area contributed by atoms with Crippen LogP contribution in [0.4, 0.5) is 0 Å². The number of aromatic nitrogens is 3. The summed E-state index contributed by atoms with van der Waals surface area (Å²) < 4.78 is 7.73. The Hall–Kier alpha value is -3.45. The van der Waals surface area contributed by atoms with Crippen LogP contribution < -0.4 is 10.1 Å². The van der Waals surface area contributed by atoms with Gasteiger partial charge in [0.1, 0.15) is 12.4 Å². The number of imidazole rings is 1. The Morgan fingerprint density at radius 1 is 1.23 bits per heavy atom. The molecule has 0 unspecified atom stereocenters. The van der Waals surface area contributed by atoms with E-state index >= 15 is 0 Å². The van der Waals surface area contributed by atoms with Crippen LogP contribution in [0.15, 0.2) is 72.6 Å². The third-order valence-electron chi connectivity index (χ3n) is 4.69. The predicted octanol–water partition coefficient (Wildman–Crippen LogP) is 4.71. The molecule has 1 N–H and O–H groups in total. The zero-order valence-corrected chi connectivity index (χ0v) is 17.6. The van der Waals surface area contributed by atoms with E-state index < -0.39 is 0 Å². The van der Waals surface area contributed by atoms with Gasteiger partial charge in [-0.2, -0.15) is 0 Å². The van der Waals surface area contributed by atoms with Crippen LogP contribution in [0.25, 0.3) is 5.69 Å². The van der Waals surface area contributed by atoms with Gasteiger partial charge in [0.15, 0.2) is 0 Å². The highest BCUT2D eigenvalue weighted by atomic mass is 32.1. The van der Waals surface area contributed by atoms with E-state index in [2.05, 4.69) is 15.3 Å². The lowest BCUT2D eigenvalue weighted by atomic mass is 10.1. The van der Waals surface area contributed by atoms with Crippen molar-refractivity contribution in [2.45, 2.75) is 26.5 Å². The van der Waals surface area contributed by atoms with E-state index in [9.17, 15) is 4.79 Å². The van der Waals surface area contributed by atoms with Crippen LogP contribution in [0, 0.1) is 6.92 Å². The van der Waals surface area contributed by atoms with Gasteiger partial charge in [-0.1, -0.05) is 18.2 Å². The van der Waals surface area contributed by atoms with Crippen molar-refractivity contribution >= 4 is 17.2 Å². The van der Waals surface area contributed by atoms with Gasteiger partial charge in [0.05, 0.1) is 23.1 Å². The number of nitrogens with one attached hydrogen (secondary N) is 1. The van der Waals surface area contributed by atoms with Crippen LogP contribution in [-0.2, 0) is 6.61 Å². The number of carbonyl (C=O) groups is 1. The van der Waals surface area contributed by atoms with Gasteiger partial charge in [-0.25, -0.2) is 9.97 Å². The first-order chi connectivity index (χ1) is 14.6. The van der Waals surface area contributed by atoms with Crippen molar-refractivity contribution in [3.63, 3.8) is 0 Å². The SMILES string of the molecule is Cc1nc(COc2cccc(C(=O)N[C@@H](C)c3ccc(-n4ccnc4)cc3)c2)cs1. The lowest BCUT2D eigenvalue weighted by molar-refractivity contribution is 0.0939. The predicted molar refractivity (Wildman–Crippen MR) is 117 cm³/mol. The van der Waals surface area contributed by atoms with Crippen LogP contribution in [0.2, 0.25) is 0 Å². The molecule has 7 heteroatoms. The molecule has 4 rings (SSSR count). The minimum atomic E-state index is -0.142. The summed E-state index contributed by atoms with van der Waals surface area (Å²) in [6.45, 7) is 4.32. The second-order valence-corrected chi connectivity index (χ2v) is 7.99. The van der Waals surface area contributed by atoms with Crippen LogP contribution in [0.3, 0.4) is 0 Å². The van der Waals surface area contributed by atoms with Crippen LogP contribution in [0.5, 0.6) is 5.75 Å². The number of benzene rings is 2. The number of thiazole rings is 1. The number of nitrogens with zero attached hydrogens (tertiary/aromatic N) is 3. The summed E-state index contributed by atoms with van der Waals surface area (Å²) in [5.74, 6) is 0.502. The Bertz CT molecular complexity index is 1120. The van der Waals surface area contributed by atoms with Crippen LogP contribution in [0.1, 0.15) is 39.6 Å². The molecule has 1 amide bonds. The highest BCUT2D eigenvalue weighted by Crippen LogP contribution is 2.19. The maximum absolute atomic E-state index is 12.7. The maximum Gasteiger partial charge on any atom is 0.251 e. The number of hydrogen-bond acceptors (Lipinski definition) is 5.